The zero-order chi connectivity index (χ0) is 49.1. The monoisotopic (exact) mass is 1000 g/mol. The van der Waals surface area contributed by atoms with Crippen LogP contribution in [0.5, 0.6) is 34.5 Å². The van der Waals surface area contributed by atoms with Crippen molar-refractivity contribution in [1.29, 1.82) is 0 Å². The molecule has 1 heterocycles. The summed E-state index contributed by atoms with van der Waals surface area (Å²) in [6, 6.07) is 22.0. The average Bonchev–Trinajstić information content (AvgIpc) is 3.27. The minimum absolute atomic E-state index is 0.137. The number of aromatic hydroxyl groups is 4. The van der Waals surface area contributed by atoms with E-state index in [-0.39, 0.29) is 39.1 Å². The van der Waals surface area contributed by atoms with E-state index in [9.17, 15) is 54.1 Å². The number of rotatable bonds is 13. The van der Waals surface area contributed by atoms with E-state index < -0.39 is 90.1 Å². The van der Waals surface area contributed by atoms with Crippen LogP contribution in [0.25, 0.3) is 54.7 Å². The molecule has 0 aliphatic heterocycles. The first kappa shape index (κ1) is 46.9. The second-order valence-electron chi connectivity index (χ2n) is 14.5. The highest BCUT2D eigenvalue weighted by atomic mass is 32.2. The molecule has 0 unspecified atom stereocenters. The summed E-state index contributed by atoms with van der Waals surface area (Å²) in [7, 11) is -16.3. The van der Waals surface area contributed by atoms with Gasteiger partial charge in [-0.2, -0.15) is 33.7 Å². The second-order valence-corrected chi connectivity index (χ2v) is 21.0. The van der Waals surface area contributed by atoms with Crippen LogP contribution in [0.2, 0.25) is 0 Å². The molecule has 0 atom stereocenters. The van der Waals surface area contributed by atoms with Crippen LogP contribution in [0.15, 0.2) is 127 Å². The van der Waals surface area contributed by atoms with Crippen molar-refractivity contribution in [3.8, 4) is 45.6 Å². The number of fused-ring (bicyclic) bond motifs is 5. The van der Waals surface area contributed by atoms with E-state index in [1.807, 2.05) is 0 Å². The molecule has 26 heteroatoms. The molecule has 0 radical (unpaired) electrons. The molecule has 22 nitrogen and oxygen atoms in total. The first-order chi connectivity index (χ1) is 32.0. The van der Waals surface area contributed by atoms with E-state index in [2.05, 4.69) is 38.8 Å². The van der Waals surface area contributed by atoms with Gasteiger partial charge in [0.05, 0.1) is 48.8 Å². The SMILES string of the molecule is COS(=O)(=O)c1cc2cc(OS(C)(=O)=O)cc(S(=O)(=O)OC)c2c(O)c1N=Nc1ccc(-c2ccc(N=Nc3c(OS(C)(=O)=O)cc4c(ccc5nc6ccccc6nc54)c3O)c(O)c2)cc1O. The number of para-hydroxylation sites is 2. The molecule has 0 fully saturated rings. The van der Waals surface area contributed by atoms with Crippen molar-refractivity contribution in [3.05, 3.63) is 97.1 Å². The summed E-state index contributed by atoms with van der Waals surface area (Å²) in [5.74, 6) is -3.53. The van der Waals surface area contributed by atoms with Crippen molar-refractivity contribution >= 4 is 107 Å². The molecular formula is C42H32N6O16S4. The van der Waals surface area contributed by atoms with Crippen molar-refractivity contribution in [2.75, 3.05) is 26.7 Å². The Hall–Kier alpha value is -7.62. The van der Waals surface area contributed by atoms with Crippen molar-refractivity contribution in [2.24, 2.45) is 20.5 Å². The zero-order valence-corrected chi connectivity index (χ0v) is 38.5. The topological polar surface area (TPSA) is 330 Å². The molecule has 350 valence electrons. The molecule has 0 amide bonds. The van der Waals surface area contributed by atoms with Gasteiger partial charge in [0.1, 0.15) is 44.1 Å². The molecular weight excluding hydrogens is 973 g/mol. The van der Waals surface area contributed by atoms with Crippen molar-refractivity contribution in [2.45, 2.75) is 9.79 Å². The number of nitrogens with zero attached hydrogens (tertiary/aromatic N) is 6. The van der Waals surface area contributed by atoms with Crippen LogP contribution in [0.3, 0.4) is 0 Å². The normalized spacial score (nSPS) is 12.8. The zero-order valence-electron chi connectivity index (χ0n) is 35.2. The van der Waals surface area contributed by atoms with Gasteiger partial charge in [0.25, 0.3) is 20.2 Å². The molecule has 0 aliphatic carbocycles. The van der Waals surface area contributed by atoms with Crippen LogP contribution in [0.4, 0.5) is 22.7 Å². The standard InChI is InChI=1S/C42H32N6O16S4/c1-61-67(57,58)35-19-24(63-65(3,53)54)15-23-18-36(68(59,60)62-2)40(42(52)37(23)35)48-46-30-13-10-22(17-33(30)50)21-9-12-29(32(49)16-21)45-47-39-34(64-66(4,55)56)20-26-25(41(39)51)11-14-31-38(26)44-28-8-6-5-7-27(28)43-31/h5-20,49-52H,1-4H3. The van der Waals surface area contributed by atoms with Gasteiger partial charge < -0.3 is 28.8 Å². The molecule has 0 aliphatic rings. The first-order valence-corrected chi connectivity index (χ1v) is 25.5. The highest BCUT2D eigenvalue weighted by Gasteiger charge is 2.30. The van der Waals surface area contributed by atoms with Gasteiger partial charge in [-0.1, -0.05) is 24.3 Å². The number of azo groups is 2. The fourth-order valence-electron chi connectivity index (χ4n) is 6.92. The highest BCUT2D eigenvalue weighted by molar-refractivity contribution is 7.87. The number of phenolic OH excluding ortho intramolecular Hbond substituents is 4. The highest BCUT2D eigenvalue weighted by Crippen LogP contribution is 2.48. The molecule has 68 heavy (non-hydrogen) atoms. The van der Waals surface area contributed by atoms with E-state index in [0.29, 0.717) is 39.3 Å². The Morgan fingerprint density at radius 2 is 1.07 bits per heavy atom. The molecule has 8 aromatic rings. The lowest BCUT2D eigenvalue weighted by molar-refractivity contribution is 0.397. The molecule has 4 N–H and O–H groups in total. The third kappa shape index (κ3) is 9.22. The summed E-state index contributed by atoms with van der Waals surface area (Å²) in [4.78, 5) is 7.61. The van der Waals surface area contributed by atoms with E-state index in [0.717, 1.165) is 38.7 Å². The van der Waals surface area contributed by atoms with Crippen LogP contribution in [0, 0.1) is 0 Å². The van der Waals surface area contributed by atoms with Crippen molar-refractivity contribution < 1.29 is 70.8 Å². The second kappa shape index (κ2) is 17.2. The lowest BCUT2D eigenvalue weighted by Gasteiger charge is -2.15. The Kier molecular flexibility index (Phi) is 11.9. The molecule has 1 aromatic heterocycles. The number of benzene rings is 7. The van der Waals surface area contributed by atoms with E-state index in [1.165, 1.54) is 42.5 Å². The maximum atomic E-state index is 13.1. The maximum Gasteiger partial charge on any atom is 0.306 e. The van der Waals surface area contributed by atoms with Crippen LogP contribution in [-0.4, -0.2) is 90.8 Å². The van der Waals surface area contributed by atoms with Crippen LogP contribution in [-0.2, 0) is 48.8 Å². The van der Waals surface area contributed by atoms with Gasteiger partial charge in [0.15, 0.2) is 22.9 Å². The summed E-state index contributed by atoms with van der Waals surface area (Å²) in [6.07, 6.45) is 1.48. The summed E-state index contributed by atoms with van der Waals surface area (Å²) >= 11 is 0. The van der Waals surface area contributed by atoms with Crippen LogP contribution in [0.1, 0.15) is 0 Å². The third-order valence-corrected chi connectivity index (χ3v) is 13.5. The Morgan fingerprint density at radius 3 is 1.63 bits per heavy atom. The minimum Gasteiger partial charge on any atom is -0.506 e. The van der Waals surface area contributed by atoms with E-state index in [4.69, 9.17) is 8.37 Å². The predicted molar refractivity (Wildman–Crippen MR) is 245 cm³/mol. The van der Waals surface area contributed by atoms with Gasteiger partial charge in [0.2, 0.25) is 0 Å². The van der Waals surface area contributed by atoms with Crippen LogP contribution >= 0.6 is 0 Å². The van der Waals surface area contributed by atoms with Gasteiger partial charge in [-0.05, 0) is 83.2 Å². The molecule has 0 saturated heterocycles. The Bertz CT molecular complexity index is 3980. The number of phenols is 4. The van der Waals surface area contributed by atoms with Crippen molar-refractivity contribution in [1.82, 2.24) is 9.97 Å². The first-order valence-electron chi connectivity index (χ1n) is 19.1. The lowest BCUT2D eigenvalue weighted by atomic mass is 10.0. The van der Waals surface area contributed by atoms with E-state index >= 15 is 0 Å². The van der Waals surface area contributed by atoms with Crippen LogP contribution < -0.4 is 8.37 Å². The van der Waals surface area contributed by atoms with Crippen molar-refractivity contribution in [3.63, 3.8) is 0 Å². The fraction of sp³-hybridized carbons (Fsp3) is 0.0952. The predicted octanol–water partition coefficient (Wildman–Crippen LogP) is 7.76. The largest absolute Gasteiger partial charge is 0.506 e. The third-order valence-electron chi connectivity index (χ3n) is 9.89. The number of aromatic nitrogens is 2. The minimum atomic E-state index is -4.77. The van der Waals surface area contributed by atoms with Gasteiger partial charge in [-0.15, -0.1) is 20.5 Å². The maximum absolute atomic E-state index is 13.1. The Labute approximate surface area is 385 Å². The Morgan fingerprint density at radius 1 is 0.515 bits per heavy atom. The smallest absolute Gasteiger partial charge is 0.306 e. The summed E-state index contributed by atoms with van der Waals surface area (Å²) in [6.45, 7) is 0. The van der Waals surface area contributed by atoms with Gasteiger partial charge >= 0.3 is 20.2 Å². The molecule has 8 rings (SSSR count). The average molecular weight is 1010 g/mol. The summed E-state index contributed by atoms with van der Waals surface area (Å²) < 4.78 is 120. The molecule has 0 spiro atoms. The van der Waals surface area contributed by atoms with Gasteiger partial charge in [-0.25, -0.2) is 9.97 Å². The van der Waals surface area contributed by atoms with Gasteiger partial charge in [-0.3, -0.25) is 8.37 Å². The lowest BCUT2D eigenvalue weighted by Crippen LogP contribution is -2.09. The fourth-order valence-corrected chi connectivity index (χ4v) is 9.55. The van der Waals surface area contributed by atoms with Gasteiger partial charge in [0, 0.05) is 22.2 Å². The van der Waals surface area contributed by atoms with E-state index in [1.54, 1.807) is 36.4 Å². The molecule has 7 aromatic carbocycles. The quantitative estimate of drug-likeness (QED) is 0.0371. The summed E-state index contributed by atoms with van der Waals surface area (Å²) in [5, 5.41) is 60.3. The molecule has 0 bridgehead atoms. The number of hydrogen-bond acceptors (Lipinski definition) is 22. The summed E-state index contributed by atoms with van der Waals surface area (Å²) in [5.41, 5.74) is 0.923. The Balaban J connectivity index is 1.13. The molecule has 0 saturated carbocycles. The number of hydrogen-bond donors (Lipinski definition) is 4.